The van der Waals surface area contributed by atoms with E-state index in [4.69, 9.17) is 5.26 Å². The molecule has 0 aliphatic rings. The predicted molar refractivity (Wildman–Crippen MR) is 63.8 cm³/mol. The molecule has 16 heavy (non-hydrogen) atoms. The van der Waals surface area contributed by atoms with Crippen LogP contribution in [0.15, 0.2) is 36.9 Å². The molecule has 0 fully saturated rings. The Labute approximate surface area is 96.0 Å². The Morgan fingerprint density at radius 1 is 1.50 bits per heavy atom. The van der Waals surface area contributed by atoms with Gasteiger partial charge in [0.05, 0.1) is 17.7 Å². The van der Waals surface area contributed by atoms with Crippen LogP contribution in [0.5, 0.6) is 0 Å². The molecule has 0 aromatic heterocycles. The van der Waals surface area contributed by atoms with Crippen molar-refractivity contribution >= 4 is 0 Å². The summed E-state index contributed by atoms with van der Waals surface area (Å²) in [7, 11) is 0. The number of nitrogens with one attached hydrogen (secondary N) is 1. The van der Waals surface area contributed by atoms with Crippen LogP contribution in [0.2, 0.25) is 0 Å². The number of aliphatic hydroxyl groups excluding tert-OH is 1. The molecule has 1 aromatic carbocycles. The largest absolute Gasteiger partial charge is 0.387 e. The summed E-state index contributed by atoms with van der Waals surface area (Å²) in [5.41, 5.74) is 1.41. The van der Waals surface area contributed by atoms with Gasteiger partial charge in [-0.3, -0.25) is 0 Å². The number of aliphatic hydroxyl groups is 1. The van der Waals surface area contributed by atoms with E-state index >= 15 is 0 Å². The minimum Gasteiger partial charge on any atom is -0.387 e. The Hall–Kier alpha value is -1.63. The highest BCUT2D eigenvalue weighted by Gasteiger charge is 2.07. The van der Waals surface area contributed by atoms with Crippen molar-refractivity contribution in [2.75, 3.05) is 6.54 Å². The van der Waals surface area contributed by atoms with E-state index < -0.39 is 6.10 Å². The molecule has 0 aliphatic heterocycles. The lowest BCUT2D eigenvalue weighted by Gasteiger charge is -2.14. The summed E-state index contributed by atoms with van der Waals surface area (Å²) in [6.45, 7) is 6.10. The molecule has 1 rings (SSSR count). The smallest absolute Gasteiger partial charge is 0.0991 e. The standard InChI is InChI=1S/C13H16N2O/c1-3-10(2)15-9-13(16)12-6-4-11(8-14)5-7-12/h3-7,10,13,15-16H,1,9H2,2H3. The maximum atomic E-state index is 9.85. The topological polar surface area (TPSA) is 56.0 Å². The van der Waals surface area contributed by atoms with Gasteiger partial charge in [0.1, 0.15) is 0 Å². The zero-order chi connectivity index (χ0) is 12.0. The first kappa shape index (κ1) is 12.4. The lowest BCUT2D eigenvalue weighted by molar-refractivity contribution is 0.173. The molecule has 0 spiro atoms. The highest BCUT2D eigenvalue weighted by Crippen LogP contribution is 2.12. The lowest BCUT2D eigenvalue weighted by atomic mass is 10.1. The first-order valence-electron chi connectivity index (χ1n) is 5.21. The van der Waals surface area contributed by atoms with E-state index in [1.54, 1.807) is 30.3 Å². The monoisotopic (exact) mass is 216 g/mol. The summed E-state index contributed by atoms with van der Waals surface area (Å²) in [6, 6.07) is 9.16. The molecule has 2 unspecified atom stereocenters. The molecule has 0 saturated carbocycles. The number of nitriles is 1. The molecule has 3 heteroatoms. The van der Waals surface area contributed by atoms with Crippen LogP contribution in [0.1, 0.15) is 24.2 Å². The quantitative estimate of drug-likeness (QED) is 0.737. The van der Waals surface area contributed by atoms with Gasteiger partial charge in [-0.25, -0.2) is 0 Å². The van der Waals surface area contributed by atoms with Crippen molar-refractivity contribution in [2.45, 2.75) is 19.1 Å². The van der Waals surface area contributed by atoms with E-state index in [1.807, 2.05) is 13.0 Å². The molecule has 84 valence electrons. The number of nitrogens with zero attached hydrogens (tertiary/aromatic N) is 1. The van der Waals surface area contributed by atoms with Crippen molar-refractivity contribution in [1.82, 2.24) is 5.32 Å². The average molecular weight is 216 g/mol. The normalized spacial score (nSPS) is 13.8. The second-order valence-corrected chi connectivity index (χ2v) is 3.68. The molecule has 2 N–H and O–H groups in total. The third kappa shape index (κ3) is 3.50. The van der Waals surface area contributed by atoms with Crippen molar-refractivity contribution in [1.29, 1.82) is 5.26 Å². The van der Waals surface area contributed by atoms with Crippen molar-refractivity contribution in [3.8, 4) is 6.07 Å². The molecular formula is C13H16N2O. The van der Waals surface area contributed by atoms with Crippen LogP contribution in [-0.2, 0) is 0 Å². The third-order valence-electron chi connectivity index (χ3n) is 2.41. The predicted octanol–water partition coefficient (Wildman–Crippen LogP) is 1.76. The molecule has 1 aromatic rings. The SMILES string of the molecule is C=CC(C)NCC(O)c1ccc(C#N)cc1. The van der Waals surface area contributed by atoms with Gasteiger partial charge in [0.25, 0.3) is 0 Å². The molecular weight excluding hydrogens is 200 g/mol. The van der Waals surface area contributed by atoms with Crippen LogP contribution >= 0.6 is 0 Å². The molecule has 0 amide bonds. The van der Waals surface area contributed by atoms with Crippen LogP contribution < -0.4 is 5.32 Å². The fraction of sp³-hybridized carbons (Fsp3) is 0.308. The van der Waals surface area contributed by atoms with Gasteiger partial charge < -0.3 is 10.4 Å². The average Bonchev–Trinajstić information content (AvgIpc) is 2.35. The first-order valence-corrected chi connectivity index (χ1v) is 5.21. The van der Waals surface area contributed by atoms with E-state index in [9.17, 15) is 5.11 Å². The zero-order valence-electron chi connectivity index (χ0n) is 9.35. The Kier molecular flexibility index (Phi) is 4.71. The van der Waals surface area contributed by atoms with E-state index in [2.05, 4.69) is 11.9 Å². The number of rotatable bonds is 5. The minimum absolute atomic E-state index is 0.174. The molecule has 0 aliphatic carbocycles. The summed E-state index contributed by atoms with van der Waals surface area (Å²) < 4.78 is 0. The van der Waals surface area contributed by atoms with Gasteiger partial charge in [0.2, 0.25) is 0 Å². The van der Waals surface area contributed by atoms with Crippen molar-refractivity contribution in [2.24, 2.45) is 0 Å². The number of hydrogen-bond donors (Lipinski definition) is 2. The summed E-state index contributed by atoms with van der Waals surface area (Å²) in [4.78, 5) is 0. The summed E-state index contributed by atoms with van der Waals surface area (Å²) in [5, 5.41) is 21.6. The number of benzene rings is 1. The Balaban J connectivity index is 2.56. The zero-order valence-corrected chi connectivity index (χ0v) is 9.35. The van der Waals surface area contributed by atoms with Crippen LogP contribution in [0.4, 0.5) is 0 Å². The molecule has 2 atom stereocenters. The maximum Gasteiger partial charge on any atom is 0.0991 e. The van der Waals surface area contributed by atoms with E-state index in [1.165, 1.54) is 0 Å². The van der Waals surface area contributed by atoms with Gasteiger partial charge in [0, 0.05) is 12.6 Å². The Morgan fingerprint density at radius 2 is 2.12 bits per heavy atom. The molecule has 0 heterocycles. The lowest BCUT2D eigenvalue weighted by Crippen LogP contribution is -2.28. The number of hydrogen-bond acceptors (Lipinski definition) is 3. The van der Waals surface area contributed by atoms with Gasteiger partial charge in [-0.15, -0.1) is 6.58 Å². The van der Waals surface area contributed by atoms with Gasteiger partial charge in [-0.1, -0.05) is 18.2 Å². The van der Waals surface area contributed by atoms with Crippen LogP contribution in [0, 0.1) is 11.3 Å². The fourth-order valence-corrected chi connectivity index (χ4v) is 1.28. The van der Waals surface area contributed by atoms with Crippen LogP contribution in [0.25, 0.3) is 0 Å². The Bertz CT molecular complexity index is 378. The van der Waals surface area contributed by atoms with E-state index in [-0.39, 0.29) is 6.04 Å². The second-order valence-electron chi connectivity index (χ2n) is 3.68. The van der Waals surface area contributed by atoms with Gasteiger partial charge >= 0.3 is 0 Å². The van der Waals surface area contributed by atoms with Gasteiger partial charge in [0.15, 0.2) is 0 Å². The van der Waals surface area contributed by atoms with Crippen molar-refractivity contribution < 1.29 is 5.11 Å². The minimum atomic E-state index is -0.560. The van der Waals surface area contributed by atoms with E-state index in [0.29, 0.717) is 12.1 Å². The molecule has 0 saturated heterocycles. The molecule has 3 nitrogen and oxygen atoms in total. The summed E-state index contributed by atoms with van der Waals surface area (Å²) in [5.74, 6) is 0. The summed E-state index contributed by atoms with van der Waals surface area (Å²) >= 11 is 0. The van der Waals surface area contributed by atoms with Crippen LogP contribution in [-0.4, -0.2) is 17.7 Å². The highest BCUT2D eigenvalue weighted by molar-refractivity contribution is 5.32. The van der Waals surface area contributed by atoms with Crippen molar-refractivity contribution in [3.63, 3.8) is 0 Å². The highest BCUT2D eigenvalue weighted by atomic mass is 16.3. The first-order chi connectivity index (χ1) is 7.67. The molecule has 0 radical (unpaired) electrons. The van der Waals surface area contributed by atoms with E-state index in [0.717, 1.165) is 5.56 Å². The fourth-order valence-electron chi connectivity index (χ4n) is 1.28. The maximum absolute atomic E-state index is 9.85. The third-order valence-corrected chi connectivity index (χ3v) is 2.41. The second kappa shape index (κ2) is 6.06. The van der Waals surface area contributed by atoms with Crippen molar-refractivity contribution in [3.05, 3.63) is 48.0 Å². The molecule has 0 bridgehead atoms. The Morgan fingerprint density at radius 3 is 2.62 bits per heavy atom. The summed E-state index contributed by atoms with van der Waals surface area (Å²) in [6.07, 6.45) is 1.22. The van der Waals surface area contributed by atoms with Crippen LogP contribution in [0.3, 0.4) is 0 Å². The van der Waals surface area contributed by atoms with Gasteiger partial charge in [-0.05, 0) is 24.6 Å². The van der Waals surface area contributed by atoms with Gasteiger partial charge in [-0.2, -0.15) is 5.26 Å².